The molecule has 0 spiro atoms. The molecule has 10 heteroatoms. The average Bonchev–Trinajstić information content (AvgIpc) is 2.88. The second kappa shape index (κ2) is 5.58. The molecule has 1 aliphatic heterocycles. The monoisotopic (exact) mass is 334 g/mol. The Morgan fingerprint density at radius 3 is 2.71 bits per heavy atom. The zero-order valence-electron chi connectivity index (χ0n) is 10.6. The lowest BCUT2D eigenvalue weighted by Gasteiger charge is -2.20. The van der Waals surface area contributed by atoms with Crippen molar-refractivity contribution < 1.29 is 23.2 Å². The van der Waals surface area contributed by atoms with Crippen LogP contribution in [0.2, 0.25) is 5.02 Å². The molecule has 0 saturated carbocycles. The minimum atomic E-state index is -4.27. The normalized spacial score (nSPS) is 19.6. The highest BCUT2D eigenvalue weighted by molar-refractivity contribution is 7.89. The van der Waals surface area contributed by atoms with Crippen LogP contribution in [0.5, 0.6) is 0 Å². The maximum absolute atomic E-state index is 12.5. The number of nitrogens with zero attached hydrogens (tertiary/aromatic N) is 2. The van der Waals surface area contributed by atoms with Crippen molar-refractivity contribution in [1.29, 1.82) is 0 Å². The molecule has 0 aliphatic carbocycles. The SMILES string of the molecule is O=C(O)[C@@H]1CCCN1S(=O)(=O)c1ccc(Cl)cc1[N+](=O)[O-]. The predicted molar refractivity (Wildman–Crippen MR) is 72.7 cm³/mol. The summed E-state index contributed by atoms with van der Waals surface area (Å²) in [5.41, 5.74) is -0.668. The lowest BCUT2D eigenvalue weighted by molar-refractivity contribution is -0.387. The van der Waals surface area contributed by atoms with Gasteiger partial charge in [-0.1, -0.05) is 11.6 Å². The van der Waals surface area contributed by atoms with Gasteiger partial charge < -0.3 is 5.11 Å². The Morgan fingerprint density at radius 2 is 2.14 bits per heavy atom. The summed E-state index contributed by atoms with van der Waals surface area (Å²) in [4.78, 5) is 20.7. The Hall–Kier alpha value is -1.71. The van der Waals surface area contributed by atoms with Crippen molar-refractivity contribution in [2.45, 2.75) is 23.8 Å². The van der Waals surface area contributed by atoms with Gasteiger partial charge in [0.2, 0.25) is 0 Å². The zero-order valence-corrected chi connectivity index (χ0v) is 12.2. The fourth-order valence-electron chi connectivity index (χ4n) is 2.25. The molecule has 0 aromatic heterocycles. The van der Waals surface area contributed by atoms with E-state index >= 15 is 0 Å². The van der Waals surface area contributed by atoms with Gasteiger partial charge in [0.15, 0.2) is 4.90 Å². The lowest BCUT2D eigenvalue weighted by atomic mass is 10.2. The maximum atomic E-state index is 12.5. The van der Waals surface area contributed by atoms with Gasteiger partial charge >= 0.3 is 5.97 Å². The summed E-state index contributed by atoms with van der Waals surface area (Å²) >= 11 is 5.64. The minimum Gasteiger partial charge on any atom is -0.480 e. The summed E-state index contributed by atoms with van der Waals surface area (Å²) in [5.74, 6) is -1.27. The van der Waals surface area contributed by atoms with Crippen molar-refractivity contribution in [2.24, 2.45) is 0 Å². The number of hydrogen-bond donors (Lipinski definition) is 1. The molecule has 0 radical (unpaired) electrons. The third-order valence-corrected chi connectivity index (χ3v) is 5.38. The van der Waals surface area contributed by atoms with E-state index in [2.05, 4.69) is 0 Å². The first-order valence-corrected chi connectivity index (χ1v) is 7.75. The lowest BCUT2D eigenvalue weighted by Crippen LogP contribution is -2.40. The molecular formula is C11H11ClN2O6S. The highest BCUT2D eigenvalue weighted by Gasteiger charge is 2.42. The Morgan fingerprint density at radius 1 is 1.48 bits per heavy atom. The molecule has 1 aromatic carbocycles. The first kappa shape index (κ1) is 15.7. The highest BCUT2D eigenvalue weighted by Crippen LogP contribution is 2.33. The number of halogens is 1. The predicted octanol–water partition coefficient (Wildman–Crippen LogP) is 1.49. The van der Waals surface area contributed by atoms with Crippen molar-refractivity contribution >= 4 is 33.3 Å². The molecule has 1 aliphatic rings. The summed E-state index contributed by atoms with van der Waals surface area (Å²) in [6.07, 6.45) is 0.563. The van der Waals surface area contributed by atoms with E-state index in [1.807, 2.05) is 0 Å². The number of rotatable bonds is 4. The number of carboxylic acid groups (broad SMARTS) is 1. The molecule has 1 saturated heterocycles. The summed E-state index contributed by atoms with van der Waals surface area (Å²) < 4.78 is 25.8. The van der Waals surface area contributed by atoms with Crippen LogP contribution in [0, 0.1) is 10.1 Å². The quantitative estimate of drug-likeness (QED) is 0.658. The Balaban J connectivity index is 2.54. The van der Waals surface area contributed by atoms with E-state index in [4.69, 9.17) is 16.7 Å². The molecule has 8 nitrogen and oxygen atoms in total. The van der Waals surface area contributed by atoms with E-state index in [1.54, 1.807) is 0 Å². The molecule has 114 valence electrons. The third kappa shape index (κ3) is 2.85. The van der Waals surface area contributed by atoms with Crippen molar-refractivity contribution in [1.82, 2.24) is 4.31 Å². The molecule has 21 heavy (non-hydrogen) atoms. The van der Waals surface area contributed by atoms with Crippen LogP contribution in [0.3, 0.4) is 0 Å². The van der Waals surface area contributed by atoms with Crippen molar-refractivity contribution in [3.05, 3.63) is 33.3 Å². The van der Waals surface area contributed by atoms with E-state index in [0.717, 1.165) is 16.4 Å². The van der Waals surface area contributed by atoms with Crippen LogP contribution >= 0.6 is 11.6 Å². The minimum absolute atomic E-state index is 0.0130. The van der Waals surface area contributed by atoms with Crippen LogP contribution in [-0.4, -0.2) is 41.3 Å². The van der Waals surface area contributed by atoms with E-state index in [1.165, 1.54) is 6.07 Å². The Bertz CT molecular complexity index is 705. The first-order chi connectivity index (χ1) is 9.75. The van der Waals surface area contributed by atoms with Gasteiger partial charge in [-0.15, -0.1) is 0 Å². The van der Waals surface area contributed by atoms with Gasteiger partial charge in [0, 0.05) is 17.6 Å². The molecule has 1 aromatic rings. The van der Waals surface area contributed by atoms with Gasteiger partial charge in [0.1, 0.15) is 6.04 Å². The van der Waals surface area contributed by atoms with Crippen LogP contribution in [0.4, 0.5) is 5.69 Å². The van der Waals surface area contributed by atoms with Crippen LogP contribution in [-0.2, 0) is 14.8 Å². The average molecular weight is 335 g/mol. The number of aliphatic carboxylic acids is 1. The van der Waals surface area contributed by atoms with Gasteiger partial charge in [-0.25, -0.2) is 8.42 Å². The zero-order chi connectivity index (χ0) is 15.8. The first-order valence-electron chi connectivity index (χ1n) is 5.93. The number of nitro benzene ring substituents is 1. The molecule has 0 amide bonds. The molecule has 2 rings (SSSR count). The standard InChI is InChI=1S/C11H11ClN2O6S/c12-7-3-4-10(9(6-7)14(17)18)21(19,20)13-5-1-2-8(13)11(15)16/h3-4,6,8H,1-2,5H2,(H,15,16)/t8-/m0/s1. The van der Waals surface area contributed by atoms with Crippen molar-refractivity contribution in [3.63, 3.8) is 0 Å². The fourth-order valence-corrected chi connectivity index (χ4v) is 4.21. The van der Waals surface area contributed by atoms with E-state index in [0.29, 0.717) is 6.42 Å². The summed E-state index contributed by atoms with van der Waals surface area (Å²) in [6, 6.07) is 1.96. The van der Waals surface area contributed by atoms with Gasteiger partial charge in [-0.2, -0.15) is 4.31 Å². The van der Waals surface area contributed by atoms with E-state index in [-0.39, 0.29) is 18.0 Å². The summed E-state index contributed by atoms with van der Waals surface area (Å²) in [6.45, 7) is 0.0130. The number of hydrogen-bond acceptors (Lipinski definition) is 5. The highest BCUT2D eigenvalue weighted by atomic mass is 35.5. The van der Waals surface area contributed by atoms with Crippen LogP contribution in [0.25, 0.3) is 0 Å². The smallest absolute Gasteiger partial charge is 0.322 e. The molecule has 1 N–H and O–H groups in total. The maximum Gasteiger partial charge on any atom is 0.322 e. The molecule has 1 atom stereocenters. The topological polar surface area (TPSA) is 118 Å². The largest absolute Gasteiger partial charge is 0.480 e. The second-order valence-electron chi connectivity index (χ2n) is 4.48. The molecule has 0 unspecified atom stereocenters. The number of carbonyl (C=O) groups is 1. The second-order valence-corrected chi connectivity index (χ2v) is 6.78. The number of nitro groups is 1. The summed E-state index contributed by atoms with van der Waals surface area (Å²) in [7, 11) is -4.27. The number of carboxylic acids is 1. The number of sulfonamides is 1. The van der Waals surface area contributed by atoms with Crippen LogP contribution in [0.1, 0.15) is 12.8 Å². The van der Waals surface area contributed by atoms with Crippen LogP contribution < -0.4 is 0 Å². The summed E-state index contributed by atoms with van der Waals surface area (Å²) in [5, 5.41) is 20.1. The third-order valence-electron chi connectivity index (χ3n) is 3.19. The fraction of sp³-hybridized carbons (Fsp3) is 0.364. The van der Waals surface area contributed by atoms with Crippen molar-refractivity contribution in [2.75, 3.05) is 6.54 Å². The van der Waals surface area contributed by atoms with Gasteiger partial charge in [-0.05, 0) is 25.0 Å². The molecule has 0 bridgehead atoms. The van der Waals surface area contributed by atoms with Crippen LogP contribution in [0.15, 0.2) is 23.1 Å². The van der Waals surface area contributed by atoms with Gasteiger partial charge in [0.25, 0.3) is 15.7 Å². The van der Waals surface area contributed by atoms with E-state index < -0.39 is 37.5 Å². The van der Waals surface area contributed by atoms with E-state index in [9.17, 15) is 23.3 Å². The number of benzene rings is 1. The Kier molecular flexibility index (Phi) is 4.17. The van der Waals surface area contributed by atoms with Gasteiger partial charge in [-0.3, -0.25) is 14.9 Å². The molecule has 1 fully saturated rings. The Labute approximate surface area is 125 Å². The van der Waals surface area contributed by atoms with Crippen molar-refractivity contribution in [3.8, 4) is 0 Å². The molecular weight excluding hydrogens is 324 g/mol. The van der Waals surface area contributed by atoms with Gasteiger partial charge in [0.05, 0.1) is 4.92 Å². The molecule has 1 heterocycles.